The average Bonchev–Trinajstić information content (AvgIpc) is 2.59. The van der Waals surface area contributed by atoms with Crippen LogP contribution in [0.5, 0.6) is 0 Å². The molecule has 1 aromatic rings. The first-order chi connectivity index (χ1) is 6.72. The molecule has 1 atom stereocenters. The first-order valence-corrected chi connectivity index (χ1v) is 4.69. The van der Waals surface area contributed by atoms with Crippen molar-refractivity contribution in [2.24, 2.45) is 5.73 Å². The fraction of sp³-hybridized carbons (Fsp3) is 0.364. The van der Waals surface area contributed by atoms with Gasteiger partial charge in [-0.3, -0.25) is 0 Å². The fourth-order valence-electron chi connectivity index (χ4n) is 1.88. The molecule has 0 fully saturated rings. The van der Waals surface area contributed by atoms with Gasteiger partial charge in [0.1, 0.15) is 0 Å². The molecule has 1 aromatic carbocycles. The molecule has 1 unspecified atom stereocenters. The van der Waals surface area contributed by atoms with E-state index in [0.717, 1.165) is 18.4 Å². The third-order valence-corrected chi connectivity index (χ3v) is 2.69. The summed E-state index contributed by atoms with van der Waals surface area (Å²) >= 11 is 0. The Morgan fingerprint density at radius 2 is 2.36 bits per heavy atom. The number of fused-ring (bicyclic) bond motifs is 1. The second kappa shape index (κ2) is 3.42. The van der Waals surface area contributed by atoms with Gasteiger partial charge in [-0.1, -0.05) is 6.07 Å². The molecule has 2 N–H and O–H groups in total. The molecule has 1 aliphatic rings. The number of carbonyl (C=O) groups is 1. The lowest BCUT2D eigenvalue weighted by molar-refractivity contribution is 0.0600. The first-order valence-electron chi connectivity index (χ1n) is 4.69. The molecule has 0 bridgehead atoms. The average molecular weight is 191 g/mol. The molecule has 0 radical (unpaired) electrons. The summed E-state index contributed by atoms with van der Waals surface area (Å²) in [6, 6.07) is 5.69. The zero-order valence-electron chi connectivity index (χ0n) is 8.12. The van der Waals surface area contributed by atoms with Crippen LogP contribution in [0.2, 0.25) is 0 Å². The Morgan fingerprint density at radius 3 is 3.07 bits per heavy atom. The predicted octanol–water partition coefficient (Wildman–Crippen LogP) is 1.42. The van der Waals surface area contributed by atoms with Crippen LogP contribution in [0, 0.1) is 0 Å². The van der Waals surface area contributed by atoms with E-state index in [0.29, 0.717) is 5.56 Å². The topological polar surface area (TPSA) is 52.3 Å². The van der Waals surface area contributed by atoms with Crippen LogP contribution in [-0.4, -0.2) is 13.1 Å². The molecule has 0 aromatic heterocycles. The van der Waals surface area contributed by atoms with E-state index < -0.39 is 0 Å². The van der Waals surface area contributed by atoms with Gasteiger partial charge in [0.05, 0.1) is 12.7 Å². The second-order valence-corrected chi connectivity index (χ2v) is 3.55. The smallest absolute Gasteiger partial charge is 0.337 e. The number of aryl methyl sites for hydroxylation is 1. The highest BCUT2D eigenvalue weighted by Gasteiger charge is 2.20. The van der Waals surface area contributed by atoms with Crippen LogP contribution >= 0.6 is 0 Å². The lowest BCUT2D eigenvalue weighted by Gasteiger charge is -2.06. The van der Waals surface area contributed by atoms with Gasteiger partial charge in [-0.15, -0.1) is 0 Å². The van der Waals surface area contributed by atoms with Crippen molar-refractivity contribution in [1.82, 2.24) is 0 Å². The van der Waals surface area contributed by atoms with Crippen molar-refractivity contribution in [3.05, 3.63) is 34.9 Å². The van der Waals surface area contributed by atoms with Crippen LogP contribution in [0.4, 0.5) is 0 Å². The van der Waals surface area contributed by atoms with Gasteiger partial charge < -0.3 is 10.5 Å². The maximum Gasteiger partial charge on any atom is 0.337 e. The molecular weight excluding hydrogens is 178 g/mol. The monoisotopic (exact) mass is 191 g/mol. The minimum Gasteiger partial charge on any atom is -0.465 e. The molecule has 0 aliphatic heterocycles. The molecule has 0 saturated carbocycles. The van der Waals surface area contributed by atoms with Crippen molar-refractivity contribution < 1.29 is 9.53 Å². The van der Waals surface area contributed by atoms with E-state index in [1.807, 2.05) is 12.1 Å². The van der Waals surface area contributed by atoms with Crippen LogP contribution in [0.3, 0.4) is 0 Å². The SMILES string of the molecule is COC(=O)c1ccc2c(c1)C(N)CC2. The summed E-state index contributed by atoms with van der Waals surface area (Å²) in [4.78, 5) is 11.3. The van der Waals surface area contributed by atoms with Crippen molar-refractivity contribution in [2.45, 2.75) is 18.9 Å². The van der Waals surface area contributed by atoms with Gasteiger partial charge in [0.2, 0.25) is 0 Å². The molecule has 74 valence electrons. The summed E-state index contributed by atoms with van der Waals surface area (Å²) in [5.41, 5.74) is 8.84. The zero-order chi connectivity index (χ0) is 10.1. The lowest BCUT2D eigenvalue weighted by atomic mass is 10.0. The molecule has 0 saturated heterocycles. The number of benzene rings is 1. The van der Waals surface area contributed by atoms with Crippen LogP contribution in [0.25, 0.3) is 0 Å². The summed E-state index contributed by atoms with van der Waals surface area (Å²) in [5, 5.41) is 0. The number of methoxy groups -OCH3 is 1. The molecule has 3 nitrogen and oxygen atoms in total. The Morgan fingerprint density at radius 1 is 1.57 bits per heavy atom. The number of rotatable bonds is 1. The first kappa shape index (κ1) is 9.21. The highest BCUT2D eigenvalue weighted by Crippen LogP contribution is 2.29. The Balaban J connectivity index is 2.39. The number of carbonyl (C=O) groups excluding carboxylic acids is 1. The third-order valence-electron chi connectivity index (χ3n) is 2.69. The maximum absolute atomic E-state index is 11.3. The van der Waals surface area contributed by atoms with Crippen molar-refractivity contribution in [3.63, 3.8) is 0 Å². The summed E-state index contributed by atoms with van der Waals surface area (Å²) in [6.07, 6.45) is 1.98. The highest BCUT2D eigenvalue weighted by molar-refractivity contribution is 5.89. The predicted molar refractivity (Wildman–Crippen MR) is 53.0 cm³/mol. The van der Waals surface area contributed by atoms with Crippen LogP contribution in [0.1, 0.15) is 33.9 Å². The molecule has 0 spiro atoms. The van der Waals surface area contributed by atoms with Gasteiger partial charge in [0.25, 0.3) is 0 Å². The molecule has 3 heteroatoms. The van der Waals surface area contributed by atoms with Crippen LogP contribution in [-0.2, 0) is 11.2 Å². The summed E-state index contributed by atoms with van der Waals surface area (Å²) in [5.74, 6) is -0.299. The normalized spacial score (nSPS) is 19.1. The number of nitrogens with two attached hydrogens (primary N) is 1. The van der Waals surface area contributed by atoms with Gasteiger partial charge >= 0.3 is 5.97 Å². The molecule has 0 amide bonds. The van der Waals surface area contributed by atoms with Crippen molar-refractivity contribution >= 4 is 5.97 Å². The van der Waals surface area contributed by atoms with Crippen molar-refractivity contribution in [3.8, 4) is 0 Å². The van der Waals surface area contributed by atoms with Gasteiger partial charge in [-0.05, 0) is 36.1 Å². The van der Waals surface area contributed by atoms with Gasteiger partial charge in [-0.25, -0.2) is 4.79 Å². The van der Waals surface area contributed by atoms with E-state index in [9.17, 15) is 4.79 Å². The standard InChI is InChI=1S/C11H13NO2/c1-14-11(13)8-3-2-7-4-5-10(12)9(7)6-8/h2-3,6,10H,4-5,12H2,1H3. The quantitative estimate of drug-likeness (QED) is 0.683. The van der Waals surface area contributed by atoms with Crippen molar-refractivity contribution in [2.75, 3.05) is 7.11 Å². The molecule has 1 aliphatic carbocycles. The van der Waals surface area contributed by atoms with E-state index in [1.165, 1.54) is 12.7 Å². The number of hydrogen-bond donors (Lipinski definition) is 1. The third kappa shape index (κ3) is 1.40. The Kier molecular flexibility index (Phi) is 2.25. The van der Waals surface area contributed by atoms with Crippen molar-refractivity contribution in [1.29, 1.82) is 0 Å². The van der Waals surface area contributed by atoms with Gasteiger partial charge in [-0.2, -0.15) is 0 Å². The zero-order valence-corrected chi connectivity index (χ0v) is 8.12. The Hall–Kier alpha value is -1.35. The largest absolute Gasteiger partial charge is 0.465 e. The Bertz CT molecular complexity index is 374. The van der Waals surface area contributed by atoms with Gasteiger partial charge in [0, 0.05) is 6.04 Å². The van der Waals surface area contributed by atoms with E-state index in [-0.39, 0.29) is 12.0 Å². The molecule has 14 heavy (non-hydrogen) atoms. The Labute approximate surface area is 82.9 Å². The molecular formula is C11H13NO2. The second-order valence-electron chi connectivity index (χ2n) is 3.55. The van der Waals surface area contributed by atoms with Crippen LogP contribution < -0.4 is 5.73 Å². The van der Waals surface area contributed by atoms with E-state index in [1.54, 1.807) is 6.07 Å². The maximum atomic E-state index is 11.3. The number of hydrogen-bond acceptors (Lipinski definition) is 3. The lowest BCUT2D eigenvalue weighted by Crippen LogP contribution is -2.07. The van der Waals surface area contributed by atoms with E-state index >= 15 is 0 Å². The molecule has 2 rings (SSSR count). The number of esters is 1. The fourth-order valence-corrected chi connectivity index (χ4v) is 1.88. The molecule has 0 heterocycles. The number of ether oxygens (including phenoxy) is 1. The highest BCUT2D eigenvalue weighted by atomic mass is 16.5. The minimum absolute atomic E-state index is 0.0783. The van der Waals surface area contributed by atoms with Crippen LogP contribution in [0.15, 0.2) is 18.2 Å². The summed E-state index contributed by atoms with van der Waals surface area (Å²) in [7, 11) is 1.38. The van der Waals surface area contributed by atoms with E-state index in [4.69, 9.17) is 5.73 Å². The van der Waals surface area contributed by atoms with Gasteiger partial charge in [0.15, 0.2) is 0 Å². The van der Waals surface area contributed by atoms with E-state index in [2.05, 4.69) is 4.74 Å². The summed E-state index contributed by atoms with van der Waals surface area (Å²) < 4.78 is 4.65. The minimum atomic E-state index is -0.299. The summed E-state index contributed by atoms with van der Waals surface area (Å²) in [6.45, 7) is 0.